The van der Waals surface area contributed by atoms with Crippen LogP contribution in [0.15, 0.2) is 23.5 Å². The van der Waals surface area contributed by atoms with Gasteiger partial charge in [-0.3, -0.25) is 0 Å². The Morgan fingerprint density at radius 2 is 1.96 bits per heavy atom. The van der Waals surface area contributed by atoms with Crippen LogP contribution >= 0.6 is 0 Å². The first-order chi connectivity index (χ1) is 12.0. The van der Waals surface area contributed by atoms with Gasteiger partial charge in [-0.25, -0.2) is 4.79 Å². The molecule has 3 heterocycles. The van der Waals surface area contributed by atoms with Crippen molar-refractivity contribution in [2.45, 2.75) is 50.3 Å². The van der Waals surface area contributed by atoms with Gasteiger partial charge in [-0.1, -0.05) is 6.92 Å². The van der Waals surface area contributed by atoms with Crippen LogP contribution in [0.2, 0.25) is 0 Å². The molecule has 3 aliphatic rings. The first-order valence-corrected chi connectivity index (χ1v) is 8.17. The van der Waals surface area contributed by atoms with E-state index in [-0.39, 0.29) is 12.5 Å². The van der Waals surface area contributed by atoms with Gasteiger partial charge >= 0.3 is 5.97 Å². The first kappa shape index (κ1) is 18.3. The molecule has 0 aromatic rings. The van der Waals surface area contributed by atoms with E-state index in [1.807, 2.05) is 6.92 Å². The monoisotopic (exact) mass is 358 g/mol. The summed E-state index contributed by atoms with van der Waals surface area (Å²) in [6.45, 7) is 1.50. The molecule has 0 spiro atoms. The average Bonchev–Trinajstić information content (AvgIpc) is 2.62. The molecule has 3 aliphatic heterocycles. The zero-order valence-corrected chi connectivity index (χ0v) is 13.6. The van der Waals surface area contributed by atoms with E-state index in [4.69, 9.17) is 18.9 Å². The van der Waals surface area contributed by atoms with E-state index in [0.717, 1.165) is 5.57 Å². The molecule has 4 N–H and O–H groups in total. The summed E-state index contributed by atoms with van der Waals surface area (Å²) in [6.07, 6.45) is -4.16. The summed E-state index contributed by atoms with van der Waals surface area (Å²) in [5.74, 6) is -0.776. The van der Waals surface area contributed by atoms with Crippen LogP contribution in [-0.2, 0) is 23.7 Å². The second kappa shape index (κ2) is 7.40. The number of carbonyl (C=O) groups is 1. The molecule has 1 fully saturated rings. The van der Waals surface area contributed by atoms with Crippen LogP contribution < -0.4 is 0 Å². The van der Waals surface area contributed by atoms with Crippen molar-refractivity contribution >= 4 is 5.97 Å². The van der Waals surface area contributed by atoms with Crippen LogP contribution in [0.25, 0.3) is 0 Å². The maximum atomic E-state index is 11.8. The van der Waals surface area contributed by atoms with Gasteiger partial charge in [-0.15, -0.1) is 0 Å². The molecule has 0 aromatic carbocycles. The molecule has 0 unspecified atom stereocenters. The molecule has 9 nitrogen and oxygen atoms in total. The highest BCUT2D eigenvalue weighted by Crippen LogP contribution is 2.36. The smallest absolute Gasteiger partial charge is 0.341 e. The summed E-state index contributed by atoms with van der Waals surface area (Å²) >= 11 is 0. The fourth-order valence-corrected chi connectivity index (χ4v) is 3.21. The van der Waals surface area contributed by atoms with Crippen molar-refractivity contribution in [3.8, 4) is 0 Å². The van der Waals surface area contributed by atoms with Gasteiger partial charge in [0.1, 0.15) is 37.3 Å². The number of hydrogen-bond donors (Lipinski definition) is 4. The Bertz CT molecular complexity index is 570. The van der Waals surface area contributed by atoms with Crippen LogP contribution in [0.1, 0.15) is 13.3 Å². The number of carbonyl (C=O) groups excluding carboxylic acids is 1. The number of aliphatic hydroxyl groups excluding tert-OH is 4. The molecule has 0 aliphatic carbocycles. The maximum Gasteiger partial charge on any atom is 0.341 e. The maximum absolute atomic E-state index is 11.8. The number of hydrogen-bond acceptors (Lipinski definition) is 9. The Morgan fingerprint density at radius 1 is 1.20 bits per heavy atom. The van der Waals surface area contributed by atoms with Crippen LogP contribution in [0.3, 0.4) is 0 Å². The number of rotatable bonds is 4. The lowest BCUT2D eigenvalue weighted by Crippen LogP contribution is -2.60. The molecule has 7 atom stereocenters. The van der Waals surface area contributed by atoms with Crippen molar-refractivity contribution in [1.29, 1.82) is 0 Å². The largest absolute Gasteiger partial charge is 0.471 e. The van der Waals surface area contributed by atoms with E-state index in [0.29, 0.717) is 12.0 Å². The van der Waals surface area contributed by atoms with Gasteiger partial charge in [0, 0.05) is 5.92 Å². The number of cyclic esters (lactones) is 1. The summed E-state index contributed by atoms with van der Waals surface area (Å²) in [7, 11) is 0. The van der Waals surface area contributed by atoms with Crippen molar-refractivity contribution in [2.75, 3.05) is 13.2 Å². The highest BCUT2D eigenvalue weighted by molar-refractivity contribution is 5.94. The Labute approximate surface area is 144 Å². The number of ether oxygens (including phenoxy) is 4. The van der Waals surface area contributed by atoms with Gasteiger partial charge in [0.2, 0.25) is 6.29 Å². The molecule has 140 valence electrons. The normalized spacial score (nSPS) is 41.2. The van der Waals surface area contributed by atoms with Crippen molar-refractivity contribution in [3.05, 3.63) is 23.5 Å². The molecule has 1 saturated heterocycles. The van der Waals surface area contributed by atoms with Gasteiger partial charge in [-0.2, -0.15) is 0 Å². The summed E-state index contributed by atoms with van der Waals surface area (Å²) in [5.41, 5.74) is 1.06. The molecule has 25 heavy (non-hydrogen) atoms. The zero-order valence-electron chi connectivity index (χ0n) is 13.6. The third kappa shape index (κ3) is 3.31. The van der Waals surface area contributed by atoms with E-state index in [9.17, 15) is 25.2 Å². The zero-order chi connectivity index (χ0) is 18.1. The molecule has 0 radical (unpaired) electrons. The third-order valence-electron chi connectivity index (χ3n) is 4.65. The van der Waals surface area contributed by atoms with Gasteiger partial charge < -0.3 is 39.4 Å². The highest BCUT2D eigenvalue weighted by Gasteiger charge is 2.47. The average molecular weight is 358 g/mol. The second-order valence-electron chi connectivity index (χ2n) is 6.14. The van der Waals surface area contributed by atoms with E-state index >= 15 is 0 Å². The summed E-state index contributed by atoms with van der Waals surface area (Å²) < 4.78 is 21.4. The predicted molar refractivity (Wildman–Crippen MR) is 80.6 cm³/mol. The molecule has 9 heteroatoms. The van der Waals surface area contributed by atoms with Crippen molar-refractivity contribution in [2.24, 2.45) is 5.92 Å². The first-order valence-electron chi connectivity index (χ1n) is 8.17. The standard InChI is InChI=1S/C16H22O9/c1-2-7-8-3-4-22-14(21)9(8)6-23-15(7)25-16-13(20)12(19)11(18)10(5-17)24-16/h3,6-7,10-13,15-20H,2,4-5H2,1H3/t7-,10-,11-,12+,13-,15+,16+/m1/s1. The van der Waals surface area contributed by atoms with E-state index in [1.165, 1.54) is 6.26 Å². The van der Waals surface area contributed by atoms with E-state index in [2.05, 4.69) is 0 Å². The Kier molecular flexibility index (Phi) is 5.42. The molecule has 0 saturated carbocycles. The minimum absolute atomic E-state index is 0.161. The van der Waals surface area contributed by atoms with E-state index < -0.39 is 49.6 Å². The molecule has 0 amide bonds. The minimum atomic E-state index is -1.53. The lowest BCUT2D eigenvalue weighted by Gasteiger charge is -2.42. The Balaban J connectivity index is 1.77. The topological polar surface area (TPSA) is 135 Å². The van der Waals surface area contributed by atoms with Gasteiger partial charge in [0.25, 0.3) is 0 Å². The summed E-state index contributed by atoms with van der Waals surface area (Å²) in [6, 6.07) is 0. The quantitative estimate of drug-likeness (QED) is 0.445. The number of esters is 1. The third-order valence-corrected chi connectivity index (χ3v) is 4.65. The highest BCUT2D eigenvalue weighted by atomic mass is 16.8. The van der Waals surface area contributed by atoms with Crippen molar-refractivity contribution in [3.63, 3.8) is 0 Å². The van der Waals surface area contributed by atoms with E-state index in [1.54, 1.807) is 6.08 Å². The summed E-state index contributed by atoms with van der Waals surface area (Å²) in [5, 5.41) is 39.0. The molecule has 3 rings (SSSR count). The Hall–Kier alpha value is -1.49. The minimum Gasteiger partial charge on any atom is -0.471 e. The van der Waals surface area contributed by atoms with Crippen LogP contribution in [0.5, 0.6) is 0 Å². The van der Waals surface area contributed by atoms with Crippen molar-refractivity contribution < 1.29 is 44.2 Å². The van der Waals surface area contributed by atoms with Gasteiger partial charge in [-0.05, 0) is 18.1 Å². The number of aliphatic hydroxyl groups is 4. The molecule has 0 aromatic heterocycles. The molecular weight excluding hydrogens is 336 g/mol. The fourth-order valence-electron chi connectivity index (χ4n) is 3.21. The van der Waals surface area contributed by atoms with Crippen LogP contribution in [0.4, 0.5) is 0 Å². The van der Waals surface area contributed by atoms with Crippen LogP contribution in [0, 0.1) is 5.92 Å². The molecule has 0 bridgehead atoms. The lowest BCUT2D eigenvalue weighted by atomic mass is 9.87. The summed E-state index contributed by atoms with van der Waals surface area (Å²) in [4.78, 5) is 11.8. The van der Waals surface area contributed by atoms with Crippen molar-refractivity contribution in [1.82, 2.24) is 0 Å². The predicted octanol–water partition coefficient (Wildman–Crippen LogP) is -1.45. The van der Waals surface area contributed by atoms with Gasteiger partial charge in [0.15, 0.2) is 6.29 Å². The second-order valence-corrected chi connectivity index (χ2v) is 6.14. The van der Waals surface area contributed by atoms with Gasteiger partial charge in [0.05, 0.1) is 12.2 Å². The fraction of sp³-hybridized carbons (Fsp3) is 0.688. The Morgan fingerprint density at radius 3 is 2.64 bits per heavy atom. The number of fused-ring (bicyclic) bond motifs is 1. The SMILES string of the molecule is CC[C@@H]1C2=CCOC(=O)C2=CO[C@H]1O[C@@H]1O[C@H](CO)[C@@H](O)[C@H](O)[C@H]1O. The van der Waals surface area contributed by atoms with Crippen LogP contribution in [-0.4, -0.2) is 76.6 Å². The molecular formula is C16H22O9. The lowest BCUT2D eigenvalue weighted by molar-refractivity contribution is -0.337.